The van der Waals surface area contributed by atoms with E-state index in [1.165, 1.54) is 18.2 Å². The molecule has 0 aliphatic carbocycles. The number of H-pyrrole nitrogens is 1. The molecule has 4 heteroatoms. The van der Waals surface area contributed by atoms with E-state index in [0.717, 1.165) is 16.8 Å². The molecule has 0 saturated heterocycles. The van der Waals surface area contributed by atoms with Gasteiger partial charge in [-0.15, -0.1) is 0 Å². The van der Waals surface area contributed by atoms with Crippen LogP contribution in [-0.4, -0.2) is 9.78 Å². The van der Waals surface area contributed by atoms with Crippen LogP contribution in [0.5, 0.6) is 0 Å². The summed E-state index contributed by atoms with van der Waals surface area (Å²) in [6, 6.07) is 15.4. The Morgan fingerprint density at radius 3 is 2.30 bits per heavy atom. The second-order valence-corrected chi connectivity index (χ2v) is 4.68. The van der Waals surface area contributed by atoms with Gasteiger partial charge in [0.15, 0.2) is 0 Å². The van der Waals surface area contributed by atoms with Crippen molar-refractivity contribution >= 4 is 0 Å². The standard InChI is InChI=1S/C16H13FN2O/c1-11-2-8-14(9-3-11)19-15(10-16(20)18-19)12-4-6-13(17)7-5-12/h2-10H,1H3,(H,18,20). The minimum atomic E-state index is -0.298. The van der Waals surface area contributed by atoms with Crippen LogP contribution in [0.2, 0.25) is 0 Å². The third-order valence-electron chi connectivity index (χ3n) is 3.16. The van der Waals surface area contributed by atoms with E-state index in [4.69, 9.17) is 0 Å². The molecule has 0 spiro atoms. The lowest BCUT2D eigenvalue weighted by Gasteiger charge is -2.08. The number of rotatable bonds is 2. The first kappa shape index (κ1) is 12.4. The molecule has 0 bridgehead atoms. The van der Waals surface area contributed by atoms with Crippen molar-refractivity contribution in [2.75, 3.05) is 0 Å². The minimum Gasteiger partial charge on any atom is -0.268 e. The van der Waals surface area contributed by atoms with E-state index < -0.39 is 0 Å². The first-order valence-electron chi connectivity index (χ1n) is 6.28. The van der Waals surface area contributed by atoms with Gasteiger partial charge in [0, 0.05) is 11.6 Å². The highest BCUT2D eigenvalue weighted by atomic mass is 19.1. The summed E-state index contributed by atoms with van der Waals surface area (Å²) in [5.74, 6) is -0.298. The summed E-state index contributed by atoms with van der Waals surface area (Å²) < 4.78 is 14.7. The Morgan fingerprint density at radius 2 is 1.65 bits per heavy atom. The van der Waals surface area contributed by atoms with E-state index in [9.17, 15) is 9.18 Å². The van der Waals surface area contributed by atoms with E-state index in [1.807, 2.05) is 31.2 Å². The van der Waals surface area contributed by atoms with E-state index in [2.05, 4.69) is 5.10 Å². The van der Waals surface area contributed by atoms with Crippen molar-refractivity contribution in [3.8, 4) is 16.9 Å². The Morgan fingerprint density at radius 1 is 1.00 bits per heavy atom. The molecule has 0 amide bonds. The summed E-state index contributed by atoms with van der Waals surface area (Å²) in [5.41, 5.74) is 3.30. The molecule has 0 aliphatic heterocycles. The van der Waals surface area contributed by atoms with Crippen LogP contribution in [0.25, 0.3) is 16.9 Å². The average Bonchev–Trinajstić information content (AvgIpc) is 2.82. The number of halogens is 1. The maximum absolute atomic E-state index is 13.0. The van der Waals surface area contributed by atoms with Crippen molar-refractivity contribution in [1.82, 2.24) is 9.78 Å². The zero-order chi connectivity index (χ0) is 14.1. The zero-order valence-electron chi connectivity index (χ0n) is 10.9. The fourth-order valence-electron chi connectivity index (χ4n) is 2.12. The van der Waals surface area contributed by atoms with Crippen LogP contribution >= 0.6 is 0 Å². The number of nitrogens with one attached hydrogen (secondary N) is 1. The van der Waals surface area contributed by atoms with Crippen molar-refractivity contribution in [1.29, 1.82) is 0 Å². The smallest absolute Gasteiger partial charge is 0.265 e. The van der Waals surface area contributed by atoms with Crippen LogP contribution in [0.4, 0.5) is 4.39 Å². The van der Waals surface area contributed by atoms with Crippen molar-refractivity contribution in [3.63, 3.8) is 0 Å². The normalized spacial score (nSPS) is 10.7. The Kier molecular flexibility index (Phi) is 2.99. The maximum atomic E-state index is 13.0. The van der Waals surface area contributed by atoms with Gasteiger partial charge in [0.2, 0.25) is 0 Å². The summed E-state index contributed by atoms with van der Waals surface area (Å²) in [5, 5.41) is 2.76. The van der Waals surface area contributed by atoms with Gasteiger partial charge in [-0.25, -0.2) is 4.39 Å². The van der Waals surface area contributed by atoms with Crippen LogP contribution < -0.4 is 5.56 Å². The summed E-state index contributed by atoms with van der Waals surface area (Å²) in [4.78, 5) is 11.6. The lowest BCUT2D eigenvalue weighted by atomic mass is 10.1. The number of nitrogens with zero attached hydrogens (tertiary/aromatic N) is 1. The molecule has 1 aromatic heterocycles. The summed E-state index contributed by atoms with van der Waals surface area (Å²) in [6.45, 7) is 2.00. The van der Waals surface area contributed by atoms with Crippen LogP contribution in [0.3, 0.4) is 0 Å². The highest BCUT2D eigenvalue weighted by molar-refractivity contribution is 5.61. The largest absolute Gasteiger partial charge is 0.268 e. The summed E-state index contributed by atoms with van der Waals surface area (Å²) in [7, 11) is 0. The summed E-state index contributed by atoms with van der Waals surface area (Å²) in [6.07, 6.45) is 0. The van der Waals surface area contributed by atoms with Crippen molar-refractivity contribution < 1.29 is 4.39 Å². The third-order valence-corrected chi connectivity index (χ3v) is 3.16. The van der Waals surface area contributed by atoms with Gasteiger partial charge in [-0.05, 0) is 43.3 Å². The molecule has 0 unspecified atom stereocenters. The first-order chi connectivity index (χ1) is 9.63. The maximum Gasteiger partial charge on any atom is 0.265 e. The second-order valence-electron chi connectivity index (χ2n) is 4.68. The molecular formula is C16H13FN2O. The Hall–Kier alpha value is -2.62. The molecule has 20 heavy (non-hydrogen) atoms. The van der Waals surface area contributed by atoms with Gasteiger partial charge in [-0.2, -0.15) is 0 Å². The van der Waals surface area contributed by atoms with Gasteiger partial charge in [-0.3, -0.25) is 14.6 Å². The molecule has 0 aliphatic rings. The molecule has 100 valence electrons. The van der Waals surface area contributed by atoms with E-state index in [-0.39, 0.29) is 11.4 Å². The highest BCUT2D eigenvalue weighted by Crippen LogP contribution is 2.21. The predicted octanol–water partition coefficient (Wildman–Crippen LogP) is 3.28. The molecule has 1 N–H and O–H groups in total. The van der Waals surface area contributed by atoms with E-state index in [0.29, 0.717) is 5.69 Å². The SMILES string of the molecule is Cc1ccc(-n2[nH]c(=O)cc2-c2ccc(F)cc2)cc1. The topological polar surface area (TPSA) is 37.8 Å². The number of benzene rings is 2. The second kappa shape index (κ2) is 4.81. The number of aromatic nitrogens is 2. The van der Waals surface area contributed by atoms with Gasteiger partial charge in [0.05, 0.1) is 11.4 Å². The minimum absolute atomic E-state index is 0.190. The number of hydrogen-bond acceptors (Lipinski definition) is 1. The third kappa shape index (κ3) is 2.28. The Balaban J connectivity index is 2.15. The van der Waals surface area contributed by atoms with Gasteiger partial charge in [0.25, 0.3) is 5.56 Å². The first-order valence-corrected chi connectivity index (χ1v) is 6.28. The molecule has 0 atom stereocenters. The Bertz CT molecular complexity index is 717. The zero-order valence-corrected chi connectivity index (χ0v) is 10.9. The lowest BCUT2D eigenvalue weighted by Crippen LogP contribution is -2.04. The van der Waals surface area contributed by atoms with Gasteiger partial charge < -0.3 is 0 Å². The van der Waals surface area contributed by atoms with Gasteiger partial charge in [-0.1, -0.05) is 17.7 Å². The van der Waals surface area contributed by atoms with Crippen LogP contribution in [0.1, 0.15) is 5.56 Å². The van der Waals surface area contributed by atoms with Crippen molar-refractivity contribution in [2.24, 2.45) is 0 Å². The molecule has 2 aromatic carbocycles. The van der Waals surface area contributed by atoms with E-state index >= 15 is 0 Å². The molecule has 3 aromatic rings. The van der Waals surface area contributed by atoms with Gasteiger partial charge in [0.1, 0.15) is 5.82 Å². The molecule has 1 heterocycles. The molecule has 3 nitrogen and oxygen atoms in total. The fourth-order valence-corrected chi connectivity index (χ4v) is 2.12. The van der Waals surface area contributed by atoms with Crippen LogP contribution in [-0.2, 0) is 0 Å². The van der Waals surface area contributed by atoms with Crippen LogP contribution in [0.15, 0.2) is 59.4 Å². The monoisotopic (exact) mass is 268 g/mol. The Labute approximate surface area is 115 Å². The van der Waals surface area contributed by atoms with E-state index in [1.54, 1.807) is 16.8 Å². The average molecular weight is 268 g/mol. The fraction of sp³-hybridized carbons (Fsp3) is 0.0625. The molecular weight excluding hydrogens is 255 g/mol. The molecule has 3 rings (SSSR count). The lowest BCUT2D eigenvalue weighted by molar-refractivity contribution is 0.628. The summed E-state index contributed by atoms with van der Waals surface area (Å²) >= 11 is 0. The molecule has 0 saturated carbocycles. The number of aryl methyl sites for hydroxylation is 1. The number of aromatic amines is 1. The van der Waals surface area contributed by atoms with Crippen LogP contribution in [0, 0.1) is 12.7 Å². The predicted molar refractivity (Wildman–Crippen MR) is 76.5 cm³/mol. The quantitative estimate of drug-likeness (QED) is 0.761. The molecule has 0 fully saturated rings. The number of hydrogen-bond donors (Lipinski definition) is 1. The van der Waals surface area contributed by atoms with Gasteiger partial charge >= 0.3 is 0 Å². The van der Waals surface area contributed by atoms with Crippen molar-refractivity contribution in [3.05, 3.63) is 76.3 Å². The highest BCUT2D eigenvalue weighted by Gasteiger charge is 2.09. The molecule has 0 radical (unpaired) electrons. The van der Waals surface area contributed by atoms with Crippen molar-refractivity contribution in [2.45, 2.75) is 6.92 Å².